The molecule has 0 aliphatic carbocycles. The molecule has 0 bridgehead atoms. The molecule has 0 unspecified atom stereocenters. The fourth-order valence-electron chi connectivity index (χ4n) is 1.19. The molecule has 0 radical (unpaired) electrons. The van der Waals surface area contributed by atoms with E-state index < -0.39 is 0 Å². The molecule has 1 heterocycles. The first-order valence-corrected chi connectivity index (χ1v) is 5.62. The molecule has 0 saturated heterocycles. The largest absolute Gasteiger partial charge is 0.493 e. The molecule has 5 nitrogen and oxygen atoms in total. The van der Waals surface area contributed by atoms with Crippen molar-refractivity contribution in [1.29, 1.82) is 0 Å². The van der Waals surface area contributed by atoms with Gasteiger partial charge in [0.05, 0.1) is 6.61 Å². The number of nitrogens with two attached hydrogens (primary N) is 2. The monoisotopic (exact) mass is 236 g/mol. The van der Waals surface area contributed by atoms with Crippen LogP contribution in [0.3, 0.4) is 0 Å². The van der Waals surface area contributed by atoms with Crippen LogP contribution >= 0.6 is 11.3 Å². The standard InChI is InChI=1S/C10H12N4OS/c11-7-1-3-8(4-2-7)15-6-5-9-13-14-10(12)16-9/h1-4H,5-6,11H2,(H2,12,14). The second-order valence-corrected chi connectivity index (χ2v) is 4.30. The number of nitrogen functional groups attached to an aromatic ring is 2. The van der Waals surface area contributed by atoms with Crippen LogP contribution in [0.1, 0.15) is 5.01 Å². The first kappa shape index (κ1) is 10.7. The third-order valence-electron chi connectivity index (χ3n) is 1.95. The van der Waals surface area contributed by atoms with Gasteiger partial charge in [-0.2, -0.15) is 0 Å². The Morgan fingerprint density at radius 2 is 1.88 bits per heavy atom. The molecule has 16 heavy (non-hydrogen) atoms. The van der Waals surface area contributed by atoms with E-state index in [-0.39, 0.29) is 0 Å². The number of aromatic nitrogens is 2. The number of nitrogens with zero attached hydrogens (tertiary/aromatic N) is 2. The normalized spacial score (nSPS) is 10.2. The predicted molar refractivity (Wildman–Crippen MR) is 64.4 cm³/mol. The number of rotatable bonds is 4. The number of hydrogen-bond donors (Lipinski definition) is 2. The van der Waals surface area contributed by atoms with Crippen LogP contribution in [0.5, 0.6) is 5.75 Å². The zero-order valence-corrected chi connectivity index (χ0v) is 9.41. The molecule has 0 aliphatic heterocycles. The third kappa shape index (κ3) is 2.83. The van der Waals surface area contributed by atoms with Crippen LogP contribution in [0.25, 0.3) is 0 Å². The summed E-state index contributed by atoms with van der Waals surface area (Å²) in [5.41, 5.74) is 11.8. The van der Waals surface area contributed by atoms with Gasteiger partial charge in [0, 0.05) is 12.1 Å². The molecule has 6 heteroatoms. The highest BCUT2D eigenvalue weighted by atomic mass is 32.1. The molecule has 1 aromatic carbocycles. The molecule has 0 spiro atoms. The summed E-state index contributed by atoms with van der Waals surface area (Å²) in [4.78, 5) is 0. The SMILES string of the molecule is Nc1ccc(OCCc2nnc(N)s2)cc1. The topological polar surface area (TPSA) is 87.0 Å². The Balaban J connectivity index is 1.82. The Labute approximate surface area is 97.1 Å². The summed E-state index contributed by atoms with van der Waals surface area (Å²) < 4.78 is 5.52. The number of benzene rings is 1. The maximum atomic E-state index is 5.56. The first-order valence-electron chi connectivity index (χ1n) is 4.80. The molecule has 1 aromatic heterocycles. The molecule has 84 valence electrons. The van der Waals surface area contributed by atoms with Gasteiger partial charge in [-0.15, -0.1) is 10.2 Å². The van der Waals surface area contributed by atoms with Gasteiger partial charge in [-0.1, -0.05) is 11.3 Å². The fourth-order valence-corrected chi connectivity index (χ4v) is 1.78. The van der Waals surface area contributed by atoms with Crippen molar-refractivity contribution in [2.24, 2.45) is 0 Å². The highest BCUT2D eigenvalue weighted by Gasteiger charge is 2.01. The zero-order valence-electron chi connectivity index (χ0n) is 8.59. The lowest BCUT2D eigenvalue weighted by atomic mass is 10.3. The Hall–Kier alpha value is -1.82. The summed E-state index contributed by atoms with van der Waals surface area (Å²) in [5, 5.41) is 9.00. The van der Waals surface area contributed by atoms with Crippen LogP contribution in [-0.2, 0) is 6.42 Å². The summed E-state index contributed by atoms with van der Waals surface area (Å²) in [6.07, 6.45) is 0.708. The number of ether oxygens (including phenoxy) is 1. The van der Waals surface area contributed by atoms with Gasteiger partial charge in [0.15, 0.2) is 0 Å². The molecule has 4 N–H and O–H groups in total. The quantitative estimate of drug-likeness (QED) is 0.782. The molecular formula is C10H12N4OS. The Kier molecular flexibility index (Phi) is 3.21. The van der Waals surface area contributed by atoms with Crippen molar-refractivity contribution in [1.82, 2.24) is 10.2 Å². The first-order chi connectivity index (χ1) is 7.74. The summed E-state index contributed by atoms with van der Waals surface area (Å²) in [7, 11) is 0. The van der Waals surface area contributed by atoms with E-state index in [0.717, 1.165) is 16.4 Å². The molecule has 0 amide bonds. The molecule has 2 rings (SSSR count). The van der Waals surface area contributed by atoms with E-state index in [2.05, 4.69) is 10.2 Å². The van der Waals surface area contributed by atoms with Crippen molar-refractivity contribution < 1.29 is 4.74 Å². The second kappa shape index (κ2) is 4.80. The minimum absolute atomic E-state index is 0.488. The van der Waals surface area contributed by atoms with E-state index in [9.17, 15) is 0 Å². The van der Waals surface area contributed by atoms with Gasteiger partial charge in [-0.05, 0) is 24.3 Å². The van der Waals surface area contributed by atoms with Crippen LogP contribution in [0, 0.1) is 0 Å². The molecule has 2 aromatic rings. The van der Waals surface area contributed by atoms with E-state index >= 15 is 0 Å². The van der Waals surface area contributed by atoms with E-state index in [1.54, 1.807) is 12.1 Å². The van der Waals surface area contributed by atoms with Crippen molar-refractivity contribution in [2.75, 3.05) is 18.1 Å². The van der Waals surface area contributed by atoms with Crippen LogP contribution < -0.4 is 16.2 Å². The Morgan fingerprint density at radius 3 is 2.50 bits per heavy atom. The van der Waals surface area contributed by atoms with Crippen LogP contribution in [0.15, 0.2) is 24.3 Å². The average Bonchev–Trinajstić information content (AvgIpc) is 2.67. The lowest BCUT2D eigenvalue weighted by Crippen LogP contribution is -2.01. The van der Waals surface area contributed by atoms with Gasteiger partial charge in [0.1, 0.15) is 10.8 Å². The second-order valence-electron chi connectivity index (χ2n) is 3.20. The Bertz CT molecular complexity index is 454. The average molecular weight is 236 g/mol. The van der Waals surface area contributed by atoms with Crippen LogP contribution in [0.4, 0.5) is 10.8 Å². The van der Waals surface area contributed by atoms with Crippen molar-refractivity contribution in [3.63, 3.8) is 0 Å². The van der Waals surface area contributed by atoms with Crippen molar-refractivity contribution in [2.45, 2.75) is 6.42 Å². The Morgan fingerprint density at radius 1 is 1.12 bits per heavy atom. The maximum Gasteiger partial charge on any atom is 0.203 e. The third-order valence-corrected chi connectivity index (χ3v) is 2.76. The maximum absolute atomic E-state index is 5.56. The van der Waals surface area contributed by atoms with Gasteiger partial charge in [-0.25, -0.2) is 0 Å². The molecular weight excluding hydrogens is 224 g/mol. The van der Waals surface area contributed by atoms with E-state index in [1.165, 1.54) is 11.3 Å². The summed E-state index contributed by atoms with van der Waals surface area (Å²) in [6.45, 7) is 0.554. The predicted octanol–water partition coefficient (Wildman–Crippen LogP) is 1.32. The minimum atomic E-state index is 0.488. The lowest BCUT2D eigenvalue weighted by Gasteiger charge is -2.04. The van der Waals surface area contributed by atoms with Crippen molar-refractivity contribution >= 4 is 22.2 Å². The summed E-state index contributed by atoms with van der Waals surface area (Å²) >= 11 is 1.38. The van der Waals surface area contributed by atoms with Crippen molar-refractivity contribution in [3.8, 4) is 5.75 Å². The fraction of sp³-hybridized carbons (Fsp3) is 0.200. The van der Waals surface area contributed by atoms with Gasteiger partial charge in [-0.3, -0.25) is 0 Å². The highest BCUT2D eigenvalue weighted by molar-refractivity contribution is 7.15. The smallest absolute Gasteiger partial charge is 0.203 e. The van der Waals surface area contributed by atoms with Gasteiger partial charge >= 0.3 is 0 Å². The van der Waals surface area contributed by atoms with Crippen molar-refractivity contribution in [3.05, 3.63) is 29.3 Å². The summed E-state index contributed by atoms with van der Waals surface area (Å²) in [6, 6.07) is 7.28. The van der Waals surface area contributed by atoms with Crippen LogP contribution in [-0.4, -0.2) is 16.8 Å². The van der Waals surface area contributed by atoms with Crippen LogP contribution in [0.2, 0.25) is 0 Å². The molecule has 0 saturated carbocycles. The molecule has 0 aliphatic rings. The summed E-state index contributed by atoms with van der Waals surface area (Å²) in [5.74, 6) is 0.798. The van der Waals surface area contributed by atoms with E-state index in [4.69, 9.17) is 16.2 Å². The van der Waals surface area contributed by atoms with E-state index in [1.807, 2.05) is 12.1 Å². The van der Waals surface area contributed by atoms with Gasteiger partial charge in [0.2, 0.25) is 5.13 Å². The molecule has 0 atom stereocenters. The number of hydrogen-bond acceptors (Lipinski definition) is 6. The van der Waals surface area contributed by atoms with Gasteiger partial charge in [0.25, 0.3) is 0 Å². The highest BCUT2D eigenvalue weighted by Crippen LogP contribution is 2.15. The van der Waals surface area contributed by atoms with E-state index in [0.29, 0.717) is 18.2 Å². The lowest BCUT2D eigenvalue weighted by molar-refractivity contribution is 0.321. The zero-order chi connectivity index (χ0) is 11.4. The number of anilines is 2. The van der Waals surface area contributed by atoms with Gasteiger partial charge < -0.3 is 16.2 Å². The molecule has 0 fully saturated rings. The minimum Gasteiger partial charge on any atom is -0.493 e.